The predicted molar refractivity (Wildman–Crippen MR) is 87.3 cm³/mol. The van der Waals surface area contributed by atoms with Gasteiger partial charge in [-0.1, -0.05) is 12.1 Å². The fourth-order valence-corrected chi connectivity index (χ4v) is 4.44. The van der Waals surface area contributed by atoms with E-state index in [0.29, 0.717) is 11.6 Å². The maximum atomic E-state index is 12.7. The van der Waals surface area contributed by atoms with Crippen molar-refractivity contribution in [3.8, 4) is 0 Å². The van der Waals surface area contributed by atoms with E-state index < -0.39 is 10.0 Å². The molecule has 0 radical (unpaired) electrons. The Morgan fingerprint density at radius 1 is 1.36 bits per heavy atom. The molecule has 2 unspecified atom stereocenters. The summed E-state index contributed by atoms with van der Waals surface area (Å²) in [6.07, 6.45) is 3.31. The summed E-state index contributed by atoms with van der Waals surface area (Å²) in [5.74, 6) is 0. The first kappa shape index (κ1) is 15.4. The Balaban J connectivity index is 1.95. The quantitative estimate of drug-likeness (QED) is 0.907. The van der Waals surface area contributed by atoms with Gasteiger partial charge in [0.2, 0.25) is 10.0 Å². The number of aryl methyl sites for hydroxylation is 1. The molecule has 2 heterocycles. The highest BCUT2D eigenvalue weighted by Crippen LogP contribution is 2.22. The number of aromatic nitrogens is 1. The highest BCUT2D eigenvalue weighted by Gasteiger charge is 2.25. The van der Waals surface area contributed by atoms with Crippen LogP contribution in [-0.4, -0.2) is 32.0 Å². The van der Waals surface area contributed by atoms with Crippen LogP contribution in [0.5, 0.6) is 0 Å². The van der Waals surface area contributed by atoms with Crippen molar-refractivity contribution in [2.75, 3.05) is 6.54 Å². The molecule has 1 aromatic heterocycles. The lowest BCUT2D eigenvalue weighted by atomic mass is 10.0. The average molecular weight is 319 g/mol. The number of para-hydroxylation sites is 1. The zero-order valence-corrected chi connectivity index (χ0v) is 13.7. The fraction of sp³-hybridized carbons (Fsp3) is 0.438. The number of fused-ring (bicyclic) bond motifs is 1. The molecule has 0 bridgehead atoms. The highest BCUT2D eigenvalue weighted by atomic mass is 32.2. The van der Waals surface area contributed by atoms with Crippen LogP contribution in [0.2, 0.25) is 0 Å². The summed E-state index contributed by atoms with van der Waals surface area (Å²) in [7, 11) is -3.56. The van der Waals surface area contributed by atoms with Crippen molar-refractivity contribution in [1.29, 1.82) is 0 Å². The van der Waals surface area contributed by atoms with Gasteiger partial charge in [-0.05, 0) is 50.9 Å². The van der Waals surface area contributed by atoms with Crippen LogP contribution in [0.4, 0.5) is 0 Å². The summed E-state index contributed by atoms with van der Waals surface area (Å²) in [6, 6.07) is 7.53. The molecular weight excluding hydrogens is 298 g/mol. The van der Waals surface area contributed by atoms with Gasteiger partial charge in [0.15, 0.2) is 0 Å². The van der Waals surface area contributed by atoms with Crippen LogP contribution < -0.4 is 10.0 Å². The first-order valence-corrected chi connectivity index (χ1v) is 9.05. The van der Waals surface area contributed by atoms with Crippen molar-refractivity contribution in [3.05, 3.63) is 36.0 Å². The van der Waals surface area contributed by atoms with Gasteiger partial charge in [0.05, 0.1) is 5.52 Å². The second kappa shape index (κ2) is 5.95. The Morgan fingerprint density at radius 3 is 2.95 bits per heavy atom. The molecule has 1 fully saturated rings. The molecule has 1 aromatic carbocycles. The third kappa shape index (κ3) is 3.14. The molecule has 2 N–H and O–H groups in total. The van der Waals surface area contributed by atoms with Crippen LogP contribution in [0, 0.1) is 6.92 Å². The van der Waals surface area contributed by atoms with Crippen molar-refractivity contribution >= 4 is 20.9 Å². The lowest BCUT2D eigenvalue weighted by Gasteiger charge is -2.28. The van der Waals surface area contributed by atoms with Gasteiger partial charge in [0.1, 0.15) is 4.90 Å². The van der Waals surface area contributed by atoms with Crippen LogP contribution in [0.25, 0.3) is 10.9 Å². The van der Waals surface area contributed by atoms with Gasteiger partial charge in [-0.3, -0.25) is 4.98 Å². The standard InChI is InChI=1S/C16H21N3O2S/c1-11-8-13-4-3-5-15(16(13)18-10-11)22(20,21)19-14-6-7-17-12(2)9-14/h3-5,8,10,12,14,17,19H,6-7,9H2,1-2H3. The van der Waals surface area contributed by atoms with Gasteiger partial charge >= 0.3 is 0 Å². The number of hydrogen-bond acceptors (Lipinski definition) is 4. The molecule has 1 aliphatic rings. The lowest BCUT2D eigenvalue weighted by Crippen LogP contribution is -2.46. The zero-order valence-electron chi connectivity index (χ0n) is 12.8. The second-order valence-electron chi connectivity index (χ2n) is 6.04. The first-order chi connectivity index (χ1) is 10.5. The largest absolute Gasteiger partial charge is 0.314 e. The van der Waals surface area contributed by atoms with E-state index in [2.05, 4.69) is 21.9 Å². The minimum absolute atomic E-state index is 0.0260. The number of piperidine rings is 1. The summed E-state index contributed by atoms with van der Waals surface area (Å²) in [5.41, 5.74) is 1.55. The molecule has 1 aliphatic heterocycles. The maximum absolute atomic E-state index is 12.7. The minimum atomic E-state index is -3.56. The van der Waals surface area contributed by atoms with E-state index in [9.17, 15) is 8.42 Å². The molecule has 22 heavy (non-hydrogen) atoms. The summed E-state index contributed by atoms with van der Waals surface area (Å²) in [5, 5.41) is 4.17. The molecule has 1 saturated heterocycles. The van der Waals surface area contributed by atoms with E-state index in [1.165, 1.54) is 0 Å². The van der Waals surface area contributed by atoms with Gasteiger partial charge in [-0.2, -0.15) is 0 Å². The smallest absolute Gasteiger partial charge is 0.242 e. The Morgan fingerprint density at radius 2 is 2.18 bits per heavy atom. The van der Waals surface area contributed by atoms with Crippen LogP contribution >= 0.6 is 0 Å². The summed E-state index contributed by atoms with van der Waals surface area (Å²) < 4.78 is 28.3. The molecule has 0 saturated carbocycles. The van der Waals surface area contributed by atoms with E-state index in [-0.39, 0.29) is 10.9 Å². The van der Waals surface area contributed by atoms with Crippen molar-refractivity contribution < 1.29 is 8.42 Å². The topological polar surface area (TPSA) is 71.1 Å². The van der Waals surface area contributed by atoms with E-state index in [1.807, 2.05) is 19.1 Å². The lowest BCUT2D eigenvalue weighted by molar-refractivity contribution is 0.361. The highest BCUT2D eigenvalue weighted by molar-refractivity contribution is 7.89. The van der Waals surface area contributed by atoms with E-state index >= 15 is 0 Å². The van der Waals surface area contributed by atoms with Crippen molar-refractivity contribution in [2.45, 2.75) is 43.7 Å². The van der Waals surface area contributed by atoms with Gasteiger partial charge in [0, 0.05) is 23.7 Å². The molecule has 2 aromatic rings. The van der Waals surface area contributed by atoms with Crippen molar-refractivity contribution in [1.82, 2.24) is 15.0 Å². The summed E-state index contributed by atoms with van der Waals surface area (Å²) in [4.78, 5) is 4.58. The van der Waals surface area contributed by atoms with Crippen molar-refractivity contribution in [3.63, 3.8) is 0 Å². The minimum Gasteiger partial charge on any atom is -0.314 e. The van der Waals surface area contributed by atoms with E-state index in [4.69, 9.17) is 0 Å². The molecule has 5 nitrogen and oxygen atoms in total. The number of nitrogens with zero attached hydrogens (tertiary/aromatic N) is 1. The molecule has 118 valence electrons. The van der Waals surface area contributed by atoms with Crippen molar-refractivity contribution in [2.24, 2.45) is 0 Å². The molecule has 0 aliphatic carbocycles. The van der Waals surface area contributed by atoms with Crippen LogP contribution in [0.3, 0.4) is 0 Å². The van der Waals surface area contributed by atoms with Gasteiger partial charge in [0.25, 0.3) is 0 Å². The van der Waals surface area contributed by atoms with E-state index in [0.717, 1.165) is 30.3 Å². The SMILES string of the molecule is Cc1cnc2c(S(=O)(=O)NC3CCNC(C)C3)cccc2c1. The predicted octanol–water partition coefficient (Wildman–Crippen LogP) is 1.96. The molecule has 6 heteroatoms. The first-order valence-electron chi connectivity index (χ1n) is 7.57. The average Bonchev–Trinajstić information content (AvgIpc) is 2.45. The van der Waals surface area contributed by atoms with Crippen LogP contribution in [0.15, 0.2) is 35.4 Å². The zero-order chi connectivity index (χ0) is 15.7. The van der Waals surface area contributed by atoms with Gasteiger partial charge in [-0.25, -0.2) is 13.1 Å². The summed E-state index contributed by atoms with van der Waals surface area (Å²) in [6.45, 7) is 4.85. The fourth-order valence-electron chi connectivity index (χ4n) is 2.98. The summed E-state index contributed by atoms with van der Waals surface area (Å²) >= 11 is 0. The molecule has 0 amide bonds. The van der Waals surface area contributed by atoms with Gasteiger partial charge in [-0.15, -0.1) is 0 Å². The number of benzene rings is 1. The Bertz CT molecular complexity index is 789. The molecule has 0 spiro atoms. The Hall–Kier alpha value is -1.50. The number of nitrogens with one attached hydrogen (secondary N) is 2. The third-order valence-electron chi connectivity index (χ3n) is 4.05. The number of sulfonamides is 1. The van der Waals surface area contributed by atoms with Gasteiger partial charge < -0.3 is 5.32 Å². The maximum Gasteiger partial charge on any atom is 0.242 e. The number of rotatable bonds is 3. The Kier molecular flexibility index (Phi) is 4.16. The third-order valence-corrected chi connectivity index (χ3v) is 5.60. The monoisotopic (exact) mass is 319 g/mol. The second-order valence-corrected chi connectivity index (χ2v) is 7.72. The van der Waals surface area contributed by atoms with Crippen LogP contribution in [0.1, 0.15) is 25.3 Å². The van der Waals surface area contributed by atoms with E-state index in [1.54, 1.807) is 18.3 Å². The molecule has 2 atom stereocenters. The number of pyridine rings is 1. The molecule has 3 rings (SSSR count). The normalized spacial score (nSPS) is 22.8. The number of hydrogen-bond donors (Lipinski definition) is 2. The van der Waals surface area contributed by atoms with Crippen LogP contribution in [-0.2, 0) is 10.0 Å². The molecular formula is C16H21N3O2S. The Labute approximate surface area is 131 Å².